The molecule has 2 aliphatic heterocycles. The van der Waals surface area contributed by atoms with Gasteiger partial charge in [-0.15, -0.1) is 0 Å². The minimum Gasteiger partial charge on any atom is -0.460 e. The Morgan fingerprint density at radius 1 is 0.943 bits per heavy atom. The van der Waals surface area contributed by atoms with Gasteiger partial charge in [0.2, 0.25) is 0 Å². The van der Waals surface area contributed by atoms with E-state index in [1.54, 1.807) is 0 Å². The summed E-state index contributed by atoms with van der Waals surface area (Å²) in [6.07, 6.45) is 18.0. The Kier molecular flexibility index (Phi) is 5.18. The van der Waals surface area contributed by atoms with Crippen molar-refractivity contribution in [2.75, 3.05) is 0 Å². The van der Waals surface area contributed by atoms with Gasteiger partial charge in [-0.3, -0.25) is 0 Å². The number of hydrogen-bond donors (Lipinski definition) is 0. The Hall–Kier alpha value is -4.24. The van der Waals surface area contributed by atoms with Gasteiger partial charge in [-0.05, 0) is 36.3 Å². The number of allylic oxidation sites excluding steroid dienone is 3. The Balaban J connectivity index is 1.45. The second-order valence-electron chi connectivity index (χ2n) is 9.20. The van der Waals surface area contributed by atoms with Crippen LogP contribution in [0.3, 0.4) is 0 Å². The highest BCUT2D eigenvalue weighted by molar-refractivity contribution is 5.89. The van der Waals surface area contributed by atoms with Crippen LogP contribution >= 0.6 is 0 Å². The molecule has 0 N–H and O–H groups in total. The van der Waals surface area contributed by atoms with E-state index >= 15 is 0 Å². The van der Waals surface area contributed by atoms with Crippen molar-refractivity contribution < 1.29 is 8.83 Å². The number of furan rings is 2. The third-order valence-electron chi connectivity index (χ3n) is 6.96. The third-order valence-corrected chi connectivity index (χ3v) is 6.96. The molecule has 6 rings (SSSR count). The Bertz CT molecular complexity index is 1690. The molecule has 2 atom stereocenters. The highest BCUT2D eigenvalue weighted by Gasteiger charge is 2.29. The highest BCUT2D eigenvalue weighted by atomic mass is 16.3. The summed E-state index contributed by atoms with van der Waals surface area (Å²) in [5.74, 6) is 1.01. The first kappa shape index (κ1) is 21.3. The fraction of sp³-hybridized carbons (Fsp3) is 0.125. The maximum Gasteiger partial charge on any atom is 0.135 e. The van der Waals surface area contributed by atoms with Crippen LogP contribution in [-0.2, 0) is 6.42 Å². The first-order chi connectivity index (χ1) is 17.1. The number of para-hydroxylation sites is 2. The number of fused-ring (bicyclic) bond motifs is 5. The van der Waals surface area contributed by atoms with Crippen molar-refractivity contribution in [2.24, 2.45) is 0 Å². The predicted molar refractivity (Wildman–Crippen MR) is 145 cm³/mol. The van der Waals surface area contributed by atoms with Crippen molar-refractivity contribution in [2.45, 2.75) is 25.4 Å². The molecule has 172 valence electrons. The fourth-order valence-corrected chi connectivity index (χ4v) is 5.25. The summed E-state index contributed by atoms with van der Waals surface area (Å²) in [4.78, 5) is 2.38. The van der Waals surface area contributed by atoms with Gasteiger partial charge in [0, 0.05) is 34.2 Å². The Labute approximate surface area is 204 Å². The van der Waals surface area contributed by atoms with Crippen molar-refractivity contribution in [3.05, 3.63) is 125 Å². The van der Waals surface area contributed by atoms with E-state index in [0.717, 1.165) is 50.5 Å². The molecule has 3 heteroatoms. The van der Waals surface area contributed by atoms with Crippen LogP contribution in [0, 0.1) is 0 Å². The molecule has 0 radical (unpaired) electrons. The minimum absolute atomic E-state index is 0.00963. The molecule has 2 aromatic carbocycles. The van der Waals surface area contributed by atoms with Crippen molar-refractivity contribution in [3.8, 4) is 0 Å². The number of nitrogens with zero attached hydrogens (tertiary/aromatic N) is 1. The van der Waals surface area contributed by atoms with Crippen LogP contribution < -0.4 is 10.6 Å². The summed E-state index contributed by atoms with van der Waals surface area (Å²) < 4.78 is 12.2. The Morgan fingerprint density at radius 2 is 1.69 bits per heavy atom. The van der Waals surface area contributed by atoms with Gasteiger partial charge in [0.15, 0.2) is 0 Å². The predicted octanol–water partition coefficient (Wildman–Crippen LogP) is 6.26. The summed E-state index contributed by atoms with van der Waals surface area (Å²) >= 11 is 0. The van der Waals surface area contributed by atoms with Gasteiger partial charge >= 0.3 is 0 Å². The van der Waals surface area contributed by atoms with Gasteiger partial charge in [-0.1, -0.05) is 86.0 Å². The zero-order valence-corrected chi connectivity index (χ0v) is 19.8. The first-order valence-electron chi connectivity index (χ1n) is 11.9. The smallest absolute Gasteiger partial charge is 0.135 e. The number of rotatable bonds is 2. The van der Waals surface area contributed by atoms with Crippen LogP contribution in [0.5, 0.6) is 0 Å². The van der Waals surface area contributed by atoms with Gasteiger partial charge in [0.1, 0.15) is 22.3 Å². The lowest BCUT2D eigenvalue weighted by Crippen LogP contribution is -2.41. The largest absolute Gasteiger partial charge is 0.460 e. The molecule has 2 aliphatic rings. The fourth-order valence-electron chi connectivity index (χ4n) is 5.25. The molecule has 0 saturated heterocycles. The van der Waals surface area contributed by atoms with Crippen LogP contribution in [0.25, 0.3) is 40.7 Å². The van der Waals surface area contributed by atoms with E-state index in [1.165, 1.54) is 5.57 Å². The van der Waals surface area contributed by atoms with Crippen LogP contribution in [0.4, 0.5) is 0 Å². The molecule has 2 unspecified atom stereocenters. The summed E-state index contributed by atoms with van der Waals surface area (Å²) in [5, 5.41) is 3.23. The maximum atomic E-state index is 6.31. The van der Waals surface area contributed by atoms with E-state index in [1.807, 2.05) is 30.3 Å². The maximum absolute atomic E-state index is 6.31. The van der Waals surface area contributed by atoms with E-state index < -0.39 is 0 Å². The second-order valence-corrected chi connectivity index (χ2v) is 9.20. The lowest BCUT2D eigenvalue weighted by atomic mass is 9.95. The Morgan fingerprint density at radius 3 is 2.51 bits per heavy atom. The molecule has 0 spiro atoms. The van der Waals surface area contributed by atoms with Gasteiger partial charge in [0.05, 0.1) is 12.1 Å². The third kappa shape index (κ3) is 3.70. The van der Waals surface area contributed by atoms with E-state index in [9.17, 15) is 0 Å². The molecule has 35 heavy (non-hydrogen) atoms. The lowest BCUT2D eigenvalue weighted by molar-refractivity contribution is 0.276. The van der Waals surface area contributed by atoms with Crippen molar-refractivity contribution in [3.63, 3.8) is 0 Å². The molecule has 4 heterocycles. The van der Waals surface area contributed by atoms with Crippen LogP contribution in [0.15, 0.2) is 112 Å². The van der Waals surface area contributed by atoms with E-state index in [2.05, 4.69) is 91.9 Å². The van der Waals surface area contributed by atoms with Crippen LogP contribution in [0.2, 0.25) is 0 Å². The molecule has 4 aromatic rings. The zero-order chi connectivity index (χ0) is 23.9. The molecule has 0 saturated carbocycles. The summed E-state index contributed by atoms with van der Waals surface area (Å²) in [5.41, 5.74) is 5.83. The van der Waals surface area contributed by atoms with E-state index in [0.29, 0.717) is 5.42 Å². The SMILES string of the molecule is C=C1/C=C\c2c(oc3ccccc23)CC2C=CC=CN2C1/C(C)=C/C=c1\c(=C)oc2ccccc12. The number of hydrogen-bond acceptors (Lipinski definition) is 3. The quantitative estimate of drug-likeness (QED) is 0.356. The number of benzene rings is 2. The molecule has 0 aliphatic carbocycles. The molecule has 3 nitrogen and oxygen atoms in total. The molecule has 0 fully saturated rings. The first-order valence-corrected chi connectivity index (χ1v) is 11.9. The summed E-state index contributed by atoms with van der Waals surface area (Å²) in [7, 11) is 0. The normalized spacial score (nSPS) is 21.6. The van der Waals surface area contributed by atoms with Crippen molar-refractivity contribution >= 4 is 40.7 Å². The van der Waals surface area contributed by atoms with E-state index in [-0.39, 0.29) is 12.1 Å². The van der Waals surface area contributed by atoms with E-state index in [4.69, 9.17) is 8.83 Å². The van der Waals surface area contributed by atoms with Gasteiger partial charge in [-0.25, -0.2) is 0 Å². The lowest BCUT2D eigenvalue weighted by Gasteiger charge is -2.38. The van der Waals surface area contributed by atoms with Gasteiger partial charge in [-0.2, -0.15) is 0 Å². The highest BCUT2D eigenvalue weighted by Crippen LogP contribution is 2.34. The molecule has 0 bridgehead atoms. The second kappa shape index (κ2) is 8.52. The van der Waals surface area contributed by atoms with Crippen molar-refractivity contribution in [1.82, 2.24) is 4.90 Å². The summed E-state index contributed by atoms with van der Waals surface area (Å²) in [6.45, 7) is 10.8. The molecular formula is C32H27NO2. The topological polar surface area (TPSA) is 29.5 Å². The van der Waals surface area contributed by atoms with Gasteiger partial charge in [0.25, 0.3) is 0 Å². The molecular weight excluding hydrogens is 430 g/mol. The minimum atomic E-state index is 0.00963. The van der Waals surface area contributed by atoms with Gasteiger partial charge < -0.3 is 13.7 Å². The molecule has 2 aromatic heterocycles. The summed E-state index contributed by atoms with van der Waals surface area (Å²) in [6, 6.07) is 16.5. The monoisotopic (exact) mass is 457 g/mol. The average molecular weight is 458 g/mol. The standard InChI is InChI=1S/C32H27NO2/c1-21(15-17-25-23(3)34-29-13-6-4-11-26(25)29)32-22(2)16-18-28-27-12-5-7-14-30(27)35-31(28)20-24-10-8-9-19-33(24)32/h4-19,24,32H,2-3,20H2,1H3/b18-16-,21-15+,25-17+. The van der Waals surface area contributed by atoms with Crippen LogP contribution in [-0.4, -0.2) is 17.0 Å². The molecule has 0 amide bonds. The van der Waals surface area contributed by atoms with Crippen LogP contribution in [0.1, 0.15) is 18.2 Å². The zero-order valence-electron chi connectivity index (χ0n) is 19.8. The van der Waals surface area contributed by atoms with Crippen molar-refractivity contribution in [1.29, 1.82) is 0 Å². The average Bonchev–Trinajstić information content (AvgIpc) is 3.39.